The number of benzene rings is 1. The maximum atomic E-state index is 12.3. The third kappa shape index (κ3) is 5.07. The molecule has 3 aromatic rings. The van der Waals surface area contributed by atoms with E-state index in [-0.39, 0.29) is 17.1 Å². The Hall–Kier alpha value is -3.14. The number of nitrogens with zero attached hydrogens (tertiary/aromatic N) is 4. The number of hydrogen-bond donors (Lipinski definition) is 1. The molecule has 2 aromatic heterocycles. The molecule has 0 saturated carbocycles. The predicted octanol–water partition coefficient (Wildman–Crippen LogP) is 2.15. The average Bonchev–Trinajstić information content (AvgIpc) is 3.19. The highest BCUT2D eigenvalue weighted by Crippen LogP contribution is 2.24. The molecule has 0 fully saturated rings. The first kappa shape index (κ1) is 21.6. The van der Waals surface area contributed by atoms with Crippen molar-refractivity contribution in [1.82, 2.24) is 25.1 Å². The molecular formula is C20H23N5O4S. The lowest BCUT2D eigenvalue weighted by Gasteiger charge is -2.11. The molecule has 2 heterocycles. The minimum atomic E-state index is -0.330. The molecule has 1 N–H and O–H groups in total. The van der Waals surface area contributed by atoms with E-state index in [0.717, 1.165) is 0 Å². The number of carbonyl (C=O) groups is 2. The van der Waals surface area contributed by atoms with Gasteiger partial charge in [-0.2, -0.15) is 9.61 Å². The van der Waals surface area contributed by atoms with Crippen LogP contribution in [-0.4, -0.2) is 57.7 Å². The molecule has 1 amide bonds. The molecule has 3 rings (SSSR count). The first-order chi connectivity index (χ1) is 14.5. The number of aromatic nitrogens is 4. The largest absolute Gasteiger partial charge is 0.497 e. The lowest BCUT2D eigenvalue weighted by atomic mass is 10.2. The SMILES string of the molecule is CCC(Sc1ccc2nnc(CCNC(=O)c3ccc(OC)cc3)n2n1)C(=O)OC. The molecule has 1 aromatic carbocycles. The molecule has 0 radical (unpaired) electrons. The van der Waals surface area contributed by atoms with Gasteiger partial charge in [0, 0.05) is 18.5 Å². The zero-order chi connectivity index (χ0) is 21.5. The Labute approximate surface area is 178 Å². The van der Waals surface area contributed by atoms with Crippen LogP contribution in [0, 0.1) is 0 Å². The number of thioether (sulfide) groups is 1. The fraction of sp³-hybridized carbons (Fsp3) is 0.350. The maximum Gasteiger partial charge on any atom is 0.319 e. The molecule has 0 aliphatic heterocycles. The zero-order valence-electron chi connectivity index (χ0n) is 17.0. The van der Waals surface area contributed by atoms with Crippen LogP contribution in [0.15, 0.2) is 41.4 Å². The van der Waals surface area contributed by atoms with E-state index in [0.29, 0.717) is 47.2 Å². The van der Waals surface area contributed by atoms with Crippen LogP contribution in [0.25, 0.3) is 5.65 Å². The fourth-order valence-electron chi connectivity index (χ4n) is 2.74. The summed E-state index contributed by atoms with van der Waals surface area (Å²) in [7, 11) is 2.95. The van der Waals surface area contributed by atoms with Gasteiger partial charge in [-0.05, 0) is 42.8 Å². The van der Waals surface area contributed by atoms with Crippen molar-refractivity contribution in [3.63, 3.8) is 0 Å². The standard InChI is InChI=1S/C20H23N5O4S/c1-4-15(20(27)29-3)30-18-10-9-16-22-23-17(25(16)24-18)11-12-21-19(26)13-5-7-14(28-2)8-6-13/h5-10,15H,4,11-12H2,1-3H3,(H,21,26). The smallest absolute Gasteiger partial charge is 0.319 e. The van der Waals surface area contributed by atoms with Gasteiger partial charge in [-0.1, -0.05) is 18.7 Å². The Bertz CT molecular complexity index is 1020. The Morgan fingerprint density at radius 3 is 2.57 bits per heavy atom. The van der Waals surface area contributed by atoms with E-state index in [1.807, 2.05) is 6.92 Å². The molecule has 158 valence electrons. The minimum Gasteiger partial charge on any atom is -0.497 e. The van der Waals surface area contributed by atoms with E-state index in [9.17, 15) is 9.59 Å². The van der Waals surface area contributed by atoms with E-state index < -0.39 is 0 Å². The molecule has 0 aliphatic rings. The van der Waals surface area contributed by atoms with Gasteiger partial charge in [0.2, 0.25) is 0 Å². The Balaban J connectivity index is 1.64. The number of rotatable bonds is 9. The lowest BCUT2D eigenvalue weighted by molar-refractivity contribution is -0.140. The normalized spacial score (nSPS) is 11.8. The molecule has 0 bridgehead atoms. The third-order valence-electron chi connectivity index (χ3n) is 4.39. The summed E-state index contributed by atoms with van der Waals surface area (Å²) in [5.41, 5.74) is 1.15. The first-order valence-corrected chi connectivity index (χ1v) is 10.3. The highest BCUT2D eigenvalue weighted by Gasteiger charge is 2.20. The van der Waals surface area contributed by atoms with Crippen molar-refractivity contribution in [2.45, 2.75) is 30.0 Å². The van der Waals surface area contributed by atoms with Gasteiger partial charge in [-0.25, -0.2) is 0 Å². The second-order valence-electron chi connectivity index (χ2n) is 6.33. The average molecular weight is 430 g/mol. The highest BCUT2D eigenvalue weighted by atomic mass is 32.2. The lowest BCUT2D eigenvalue weighted by Crippen LogP contribution is -2.26. The van der Waals surface area contributed by atoms with Gasteiger partial charge in [0.05, 0.1) is 14.2 Å². The first-order valence-electron chi connectivity index (χ1n) is 9.43. The van der Waals surface area contributed by atoms with E-state index in [1.165, 1.54) is 18.9 Å². The summed E-state index contributed by atoms with van der Waals surface area (Å²) in [6, 6.07) is 10.5. The van der Waals surface area contributed by atoms with E-state index in [2.05, 4.69) is 20.6 Å². The van der Waals surface area contributed by atoms with Crippen LogP contribution < -0.4 is 10.1 Å². The van der Waals surface area contributed by atoms with Crippen LogP contribution >= 0.6 is 11.8 Å². The van der Waals surface area contributed by atoms with Crippen molar-refractivity contribution in [1.29, 1.82) is 0 Å². The van der Waals surface area contributed by atoms with Crippen molar-refractivity contribution in [3.8, 4) is 5.75 Å². The van der Waals surface area contributed by atoms with Crippen molar-refractivity contribution in [3.05, 3.63) is 47.8 Å². The maximum absolute atomic E-state index is 12.3. The van der Waals surface area contributed by atoms with Gasteiger partial charge in [0.25, 0.3) is 5.91 Å². The van der Waals surface area contributed by atoms with Crippen LogP contribution in [0.2, 0.25) is 0 Å². The van der Waals surface area contributed by atoms with Gasteiger partial charge in [0.1, 0.15) is 16.0 Å². The molecular weight excluding hydrogens is 406 g/mol. The van der Waals surface area contributed by atoms with E-state index in [1.54, 1.807) is 48.0 Å². The fourth-order valence-corrected chi connectivity index (χ4v) is 3.67. The van der Waals surface area contributed by atoms with Gasteiger partial charge in [-0.15, -0.1) is 10.2 Å². The number of fused-ring (bicyclic) bond motifs is 1. The molecule has 30 heavy (non-hydrogen) atoms. The van der Waals surface area contributed by atoms with E-state index >= 15 is 0 Å². The number of hydrogen-bond acceptors (Lipinski definition) is 8. The van der Waals surface area contributed by atoms with Crippen molar-refractivity contribution in [2.75, 3.05) is 20.8 Å². The van der Waals surface area contributed by atoms with E-state index in [4.69, 9.17) is 9.47 Å². The molecule has 1 atom stereocenters. The summed E-state index contributed by atoms with van der Waals surface area (Å²) in [5.74, 6) is 0.849. The Kier molecular flexibility index (Phi) is 7.23. The number of esters is 1. The highest BCUT2D eigenvalue weighted by molar-refractivity contribution is 8.00. The zero-order valence-corrected chi connectivity index (χ0v) is 17.8. The summed E-state index contributed by atoms with van der Waals surface area (Å²) in [4.78, 5) is 24.1. The topological polar surface area (TPSA) is 108 Å². The summed E-state index contributed by atoms with van der Waals surface area (Å²) in [5, 5.41) is 16.0. The summed E-state index contributed by atoms with van der Waals surface area (Å²) >= 11 is 1.34. The second kappa shape index (κ2) is 10.1. The number of amides is 1. The van der Waals surface area contributed by atoms with Crippen molar-refractivity contribution < 1.29 is 19.1 Å². The monoisotopic (exact) mass is 429 g/mol. The quantitative estimate of drug-likeness (QED) is 0.407. The van der Waals surface area contributed by atoms with Gasteiger partial charge < -0.3 is 14.8 Å². The van der Waals surface area contributed by atoms with Crippen molar-refractivity contribution >= 4 is 29.3 Å². The van der Waals surface area contributed by atoms with Crippen LogP contribution in [0.3, 0.4) is 0 Å². The van der Waals surface area contributed by atoms with Crippen LogP contribution in [0.1, 0.15) is 29.5 Å². The molecule has 9 nitrogen and oxygen atoms in total. The predicted molar refractivity (Wildman–Crippen MR) is 112 cm³/mol. The molecule has 1 unspecified atom stereocenters. The number of nitrogens with one attached hydrogen (secondary N) is 1. The molecule has 0 aliphatic carbocycles. The van der Waals surface area contributed by atoms with Gasteiger partial charge in [0.15, 0.2) is 11.5 Å². The Morgan fingerprint density at radius 1 is 1.13 bits per heavy atom. The van der Waals surface area contributed by atoms with Crippen LogP contribution in [0.4, 0.5) is 0 Å². The number of ether oxygens (including phenoxy) is 2. The molecule has 0 saturated heterocycles. The number of methoxy groups -OCH3 is 2. The summed E-state index contributed by atoms with van der Waals surface area (Å²) in [6.07, 6.45) is 1.09. The van der Waals surface area contributed by atoms with Crippen molar-refractivity contribution in [2.24, 2.45) is 0 Å². The second-order valence-corrected chi connectivity index (χ2v) is 7.55. The molecule has 10 heteroatoms. The summed E-state index contributed by atoms with van der Waals surface area (Å²) in [6.45, 7) is 2.30. The van der Waals surface area contributed by atoms with Crippen LogP contribution in [-0.2, 0) is 16.0 Å². The van der Waals surface area contributed by atoms with Crippen LogP contribution in [0.5, 0.6) is 5.75 Å². The molecule has 0 spiro atoms. The minimum absolute atomic E-state index is 0.181. The van der Waals surface area contributed by atoms with Gasteiger partial charge in [-0.3, -0.25) is 9.59 Å². The number of carbonyl (C=O) groups excluding carboxylic acids is 2. The summed E-state index contributed by atoms with van der Waals surface area (Å²) < 4.78 is 11.6. The third-order valence-corrected chi connectivity index (χ3v) is 5.66. The Morgan fingerprint density at radius 2 is 1.90 bits per heavy atom. The van der Waals surface area contributed by atoms with Gasteiger partial charge >= 0.3 is 5.97 Å².